The first-order valence-corrected chi connectivity index (χ1v) is 15.7. The van der Waals surface area contributed by atoms with Crippen molar-refractivity contribution in [3.8, 4) is 6.07 Å². The molecule has 212 valence electrons. The first-order chi connectivity index (χ1) is 19.3. The minimum atomic E-state index is -3.66. The van der Waals surface area contributed by atoms with Gasteiger partial charge in [-0.1, -0.05) is 32.0 Å². The number of aromatic amines is 1. The number of amides is 1. The molecule has 0 atom stereocenters. The molecule has 2 N–H and O–H groups in total. The van der Waals surface area contributed by atoms with E-state index in [1.807, 2.05) is 24.3 Å². The van der Waals surface area contributed by atoms with Crippen LogP contribution in [0.4, 0.5) is 0 Å². The normalized spacial score (nSPS) is 18.2. The van der Waals surface area contributed by atoms with Gasteiger partial charge in [0.05, 0.1) is 21.5 Å². The molecule has 0 bridgehead atoms. The fourth-order valence-corrected chi connectivity index (χ4v) is 7.45. The average molecular weight is 563 g/mol. The molecule has 2 aromatic carbocycles. The van der Waals surface area contributed by atoms with Gasteiger partial charge in [0, 0.05) is 32.1 Å². The van der Waals surface area contributed by atoms with Crippen LogP contribution in [0.1, 0.15) is 67.2 Å². The van der Waals surface area contributed by atoms with Crippen LogP contribution in [0.5, 0.6) is 0 Å². The van der Waals surface area contributed by atoms with Crippen LogP contribution in [0.2, 0.25) is 0 Å². The summed E-state index contributed by atoms with van der Waals surface area (Å²) in [5.74, 6) is 1.98. The Morgan fingerprint density at radius 2 is 1.75 bits per heavy atom. The number of imidazole rings is 1. The number of piperidine rings is 2. The number of para-hydroxylation sites is 1. The molecule has 10 heteroatoms. The highest BCUT2D eigenvalue weighted by molar-refractivity contribution is 7.89. The predicted molar refractivity (Wildman–Crippen MR) is 154 cm³/mol. The topological polar surface area (TPSA) is 122 Å². The molecule has 0 spiro atoms. The standard InChI is InChI=1S/C30H38N6O3S/c1-21(2)29-33-26-8-5-7-25(28(26)34-29)30(37)32-19-22-10-14-35(15-11-22)20-23-12-16-36(17-13-23)40(38,39)27-9-4-3-6-24(27)18-31/h3-9,21-23H,10-17,19-20H2,1-2H3,(H,32,37)(H,33,34). The van der Waals surface area contributed by atoms with Gasteiger partial charge in [-0.2, -0.15) is 9.57 Å². The third-order valence-corrected chi connectivity index (χ3v) is 10.3. The number of carbonyl (C=O) groups is 1. The number of fused-ring (bicyclic) bond motifs is 1. The Morgan fingerprint density at radius 3 is 2.45 bits per heavy atom. The number of nitrogens with one attached hydrogen (secondary N) is 2. The van der Waals surface area contributed by atoms with Crippen molar-refractivity contribution in [3.05, 3.63) is 59.4 Å². The molecule has 2 saturated heterocycles. The maximum absolute atomic E-state index is 13.1. The lowest BCUT2D eigenvalue weighted by molar-refractivity contribution is 0.0931. The molecule has 2 aliphatic heterocycles. The van der Waals surface area contributed by atoms with Crippen LogP contribution in [0, 0.1) is 23.2 Å². The highest BCUT2D eigenvalue weighted by atomic mass is 32.2. The van der Waals surface area contributed by atoms with Crippen molar-refractivity contribution >= 4 is 27.0 Å². The van der Waals surface area contributed by atoms with E-state index in [1.54, 1.807) is 18.2 Å². The van der Waals surface area contributed by atoms with E-state index in [4.69, 9.17) is 0 Å². The highest BCUT2D eigenvalue weighted by Crippen LogP contribution is 2.27. The van der Waals surface area contributed by atoms with Gasteiger partial charge in [0.25, 0.3) is 5.91 Å². The number of nitriles is 1. The summed E-state index contributed by atoms with van der Waals surface area (Å²) in [5, 5.41) is 12.5. The third kappa shape index (κ3) is 6.07. The van der Waals surface area contributed by atoms with Crippen molar-refractivity contribution in [3.63, 3.8) is 0 Å². The molecule has 5 rings (SSSR count). The van der Waals surface area contributed by atoms with E-state index in [0.29, 0.717) is 37.0 Å². The quantitative estimate of drug-likeness (QED) is 0.426. The van der Waals surface area contributed by atoms with Gasteiger partial charge in [-0.15, -0.1) is 0 Å². The number of carbonyl (C=O) groups excluding carboxylic acids is 1. The Kier molecular flexibility index (Phi) is 8.54. The summed E-state index contributed by atoms with van der Waals surface area (Å²) in [7, 11) is -3.66. The van der Waals surface area contributed by atoms with Gasteiger partial charge < -0.3 is 15.2 Å². The minimum absolute atomic E-state index is 0.0751. The maximum Gasteiger partial charge on any atom is 0.253 e. The fraction of sp³-hybridized carbons (Fsp3) is 0.500. The zero-order valence-corrected chi connectivity index (χ0v) is 24.1. The first-order valence-electron chi connectivity index (χ1n) is 14.2. The van der Waals surface area contributed by atoms with Crippen LogP contribution in [0.3, 0.4) is 0 Å². The molecule has 2 fully saturated rings. The lowest BCUT2D eigenvalue weighted by atomic mass is 9.93. The summed E-state index contributed by atoms with van der Waals surface area (Å²) in [6, 6.07) is 14.1. The number of nitrogens with zero attached hydrogens (tertiary/aromatic N) is 4. The molecule has 9 nitrogen and oxygen atoms in total. The Labute approximate surface area is 236 Å². The van der Waals surface area contributed by atoms with E-state index in [9.17, 15) is 18.5 Å². The van der Waals surface area contributed by atoms with Crippen LogP contribution in [0.15, 0.2) is 47.4 Å². The van der Waals surface area contributed by atoms with Gasteiger partial charge in [-0.05, 0) is 74.9 Å². The smallest absolute Gasteiger partial charge is 0.253 e. The molecule has 3 aromatic rings. The highest BCUT2D eigenvalue weighted by Gasteiger charge is 2.32. The van der Waals surface area contributed by atoms with Crippen molar-refractivity contribution in [2.45, 2.75) is 50.3 Å². The number of aromatic nitrogens is 2. The molecule has 2 aliphatic rings. The van der Waals surface area contributed by atoms with E-state index in [0.717, 1.165) is 62.2 Å². The number of likely N-dealkylation sites (tertiary alicyclic amines) is 1. The van der Waals surface area contributed by atoms with Crippen molar-refractivity contribution in [1.29, 1.82) is 5.26 Å². The van der Waals surface area contributed by atoms with Crippen molar-refractivity contribution in [2.24, 2.45) is 11.8 Å². The summed E-state index contributed by atoms with van der Waals surface area (Å²) in [6.07, 6.45) is 3.70. The van der Waals surface area contributed by atoms with Crippen LogP contribution >= 0.6 is 0 Å². The van der Waals surface area contributed by atoms with Gasteiger partial charge in [0.1, 0.15) is 17.4 Å². The van der Waals surface area contributed by atoms with Crippen LogP contribution < -0.4 is 5.32 Å². The molecule has 0 radical (unpaired) electrons. The Morgan fingerprint density at radius 1 is 1.05 bits per heavy atom. The van der Waals surface area contributed by atoms with Crippen molar-refractivity contribution < 1.29 is 13.2 Å². The molecule has 1 aromatic heterocycles. The third-order valence-electron chi connectivity index (χ3n) is 8.30. The summed E-state index contributed by atoms with van der Waals surface area (Å²) >= 11 is 0. The largest absolute Gasteiger partial charge is 0.352 e. The number of rotatable bonds is 8. The molecule has 40 heavy (non-hydrogen) atoms. The summed E-state index contributed by atoms with van der Waals surface area (Å²) in [6.45, 7) is 8.73. The van der Waals surface area contributed by atoms with Gasteiger partial charge in [-0.3, -0.25) is 4.79 Å². The van der Waals surface area contributed by atoms with E-state index in [2.05, 4.69) is 34.0 Å². The Bertz CT molecular complexity index is 1490. The van der Waals surface area contributed by atoms with Gasteiger partial charge in [0.2, 0.25) is 10.0 Å². The van der Waals surface area contributed by atoms with Crippen LogP contribution in [0.25, 0.3) is 11.0 Å². The van der Waals surface area contributed by atoms with E-state index < -0.39 is 10.0 Å². The summed E-state index contributed by atoms with van der Waals surface area (Å²) in [5.41, 5.74) is 2.43. The molecular weight excluding hydrogens is 524 g/mol. The number of hydrogen-bond donors (Lipinski definition) is 2. The maximum atomic E-state index is 13.1. The van der Waals surface area contributed by atoms with E-state index in [-0.39, 0.29) is 22.3 Å². The molecule has 0 unspecified atom stereocenters. The van der Waals surface area contributed by atoms with Crippen LogP contribution in [-0.2, 0) is 10.0 Å². The van der Waals surface area contributed by atoms with Gasteiger partial charge in [0.15, 0.2) is 0 Å². The van der Waals surface area contributed by atoms with Gasteiger partial charge in [-0.25, -0.2) is 13.4 Å². The van der Waals surface area contributed by atoms with E-state index >= 15 is 0 Å². The molecule has 0 aliphatic carbocycles. The number of hydrogen-bond acceptors (Lipinski definition) is 6. The first kappa shape index (κ1) is 28.3. The lowest BCUT2D eigenvalue weighted by Gasteiger charge is -2.37. The summed E-state index contributed by atoms with van der Waals surface area (Å²) < 4.78 is 27.8. The number of sulfonamides is 1. The number of benzene rings is 2. The average Bonchev–Trinajstić information content (AvgIpc) is 3.42. The second-order valence-corrected chi connectivity index (χ2v) is 13.3. The zero-order valence-electron chi connectivity index (χ0n) is 23.3. The molecule has 0 saturated carbocycles. The second kappa shape index (κ2) is 12.1. The van der Waals surface area contributed by atoms with E-state index in [1.165, 1.54) is 10.4 Å². The lowest BCUT2D eigenvalue weighted by Crippen LogP contribution is -2.44. The SMILES string of the molecule is CC(C)c1nc2c(C(=O)NCC3CCN(CC4CCN(S(=O)(=O)c5ccccc5C#N)CC4)CC3)cccc2[nH]1. The molecule has 3 heterocycles. The fourth-order valence-electron chi connectivity index (χ4n) is 5.83. The Hall–Kier alpha value is -3.26. The summed E-state index contributed by atoms with van der Waals surface area (Å²) in [4.78, 5) is 23.6. The minimum Gasteiger partial charge on any atom is -0.352 e. The zero-order chi connectivity index (χ0) is 28.3. The van der Waals surface area contributed by atoms with Gasteiger partial charge >= 0.3 is 0 Å². The van der Waals surface area contributed by atoms with Crippen LogP contribution in [-0.4, -0.2) is 72.8 Å². The Balaban J connectivity index is 1.07. The number of H-pyrrole nitrogens is 1. The second-order valence-electron chi connectivity index (χ2n) is 11.4. The molecule has 1 amide bonds. The molecular formula is C30H38N6O3S. The monoisotopic (exact) mass is 562 g/mol. The van der Waals surface area contributed by atoms with Crippen molar-refractivity contribution in [2.75, 3.05) is 39.3 Å². The predicted octanol–water partition coefficient (Wildman–Crippen LogP) is 4.10. The van der Waals surface area contributed by atoms with Crippen molar-refractivity contribution in [1.82, 2.24) is 24.5 Å².